The minimum Gasteiger partial charge on any atom is -0.378 e. The van der Waals surface area contributed by atoms with E-state index in [0.717, 1.165) is 0 Å². The van der Waals surface area contributed by atoms with Crippen LogP contribution < -0.4 is 5.32 Å². The van der Waals surface area contributed by atoms with E-state index >= 15 is 0 Å². The van der Waals surface area contributed by atoms with Crippen LogP contribution in [0.4, 0.5) is 5.69 Å². The molecule has 0 spiro atoms. The molecule has 2 aromatic carbocycles. The number of thiophene rings is 1. The van der Waals surface area contributed by atoms with Crippen LogP contribution in [0.2, 0.25) is 0 Å². The first kappa shape index (κ1) is 11.3. The molecule has 1 atom stereocenters. The van der Waals surface area contributed by atoms with Gasteiger partial charge in [0.2, 0.25) is 0 Å². The fourth-order valence-electron chi connectivity index (χ4n) is 2.14. The molecule has 1 aromatic heterocycles. The first-order valence-electron chi connectivity index (χ1n) is 6.12. The van der Waals surface area contributed by atoms with E-state index in [9.17, 15) is 0 Å². The van der Waals surface area contributed by atoms with Crippen LogP contribution in [0.25, 0.3) is 10.8 Å². The van der Waals surface area contributed by atoms with Crippen molar-refractivity contribution in [3.8, 4) is 0 Å². The highest BCUT2D eigenvalue weighted by molar-refractivity contribution is 7.10. The van der Waals surface area contributed by atoms with Crippen LogP contribution in [0.1, 0.15) is 17.8 Å². The zero-order valence-corrected chi connectivity index (χ0v) is 11.1. The Labute approximate surface area is 111 Å². The van der Waals surface area contributed by atoms with Crippen molar-refractivity contribution < 1.29 is 0 Å². The lowest BCUT2D eigenvalue weighted by molar-refractivity contribution is 0.909. The van der Waals surface area contributed by atoms with Gasteiger partial charge < -0.3 is 5.32 Å². The fraction of sp³-hybridized carbons (Fsp3) is 0.125. The average Bonchev–Trinajstić information content (AvgIpc) is 2.92. The van der Waals surface area contributed by atoms with Gasteiger partial charge in [0.05, 0.1) is 6.04 Å². The molecule has 0 radical (unpaired) electrons. The Bertz CT molecular complexity index is 643. The summed E-state index contributed by atoms with van der Waals surface area (Å²) in [6.07, 6.45) is 0. The van der Waals surface area contributed by atoms with Crippen molar-refractivity contribution in [1.82, 2.24) is 0 Å². The second kappa shape index (κ2) is 4.83. The quantitative estimate of drug-likeness (QED) is 0.686. The second-order valence-electron chi connectivity index (χ2n) is 4.44. The van der Waals surface area contributed by atoms with E-state index in [4.69, 9.17) is 0 Å². The maximum atomic E-state index is 3.55. The van der Waals surface area contributed by atoms with Crippen LogP contribution in [-0.4, -0.2) is 0 Å². The smallest absolute Gasteiger partial charge is 0.0578 e. The first-order chi connectivity index (χ1) is 8.83. The van der Waals surface area contributed by atoms with E-state index in [0.29, 0.717) is 6.04 Å². The third kappa shape index (κ3) is 2.24. The molecule has 0 bridgehead atoms. The number of benzene rings is 2. The molecular formula is C16H15NS. The molecule has 3 aromatic rings. The Kier molecular flexibility index (Phi) is 3.03. The van der Waals surface area contributed by atoms with Crippen molar-refractivity contribution in [3.05, 3.63) is 64.9 Å². The molecule has 2 heteroatoms. The number of nitrogens with one attached hydrogen (secondary N) is 1. The lowest BCUT2D eigenvalue weighted by Gasteiger charge is -2.14. The lowest BCUT2D eigenvalue weighted by atomic mass is 10.1. The van der Waals surface area contributed by atoms with Crippen molar-refractivity contribution in [2.75, 3.05) is 5.32 Å². The van der Waals surface area contributed by atoms with E-state index < -0.39 is 0 Å². The minimum absolute atomic E-state index is 0.353. The SMILES string of the molecule is CC(Nc1ccc2ccccc2c1)c1cccs1. The highest BCUT2D eigenvalue weighted by Gasteiger charge is 2.06. The Morgan fingerprint density at radius 2 is 1.78 bits per heavy atom. The molecule has 3 rings (SSSR count). The Balaban J connectivity index is 1.86. The summed E-state index contributed by atoms with van der Waals surface area (Å²) in [5, 5.41) is 8.23. The number of fused-ring (bicyclic) bond motifs is 1. The van der Waals surface area contributed by atoms with Crippen molar-refractivity contribution in [2.24, 2.45) is 0 Å². The van der Waals surface area contributed by atoms with E-state index in [1.165, 1.54) is 21.3 Å². The van der Waals surface area contributed by atoms with Gasteiger partial charge in [0.15, 0.2) is 0 Å². The number of hydrogen-bond acceptors (Lipinski definition) is 2. The lowest BCUT2D eigenvalue weighted by Crippen LogP contribution is -2.04. The van der Waals surface area contributed by atoms with Crippen molar-refractivity contribution in [2.45, 2.75) is 13.0 Å². The summed E-state index contributed by atoms with van der Waals surface area (Å²) >= 11 is 1.79. The molecule has 0 aliphatic rings. The normalized spacial score (nSPS) is 12.5. The summed E-state index contributed by atoms with van der Waals surface area (Å²) in [6, 6.07) is 19.6. The predicted molar refractivity (Wildman–Crippen MR) is 80.3 cm³/mol. The molecule has 0 amide bonds. The van der Waals surface area contributed by atoms with Crippen LogP contribution >= 0.6 is 11.3 Å². The molecule has 1 nitrogen and oxygen atoms in total. The van der Waals surface area contributed by atoms with Crippen molar-refractivity contribution in [1.29, 1.82) is 0 Å². The van der Waals surface area contributed by atoms with Gasteiger partial charge in [-0.15, -0.1) is 11.3 Å². The zero-order valence-electron chi connectivity index (χ0n) is 10.3. The summed E-state index contributed by atoms with van der Waals surface area (Å²) in [5.41, 5.74) is 1.18. The second-order valence-corrected chi connectivity index (χ2v) is 5.42. The summed E-state index contributed by atoms with van der Waals surface area (Å²) in [5.74, 6) is 0. The highest BCUT2D eigenvalue weighted by Crippen LogP contribution is 2.25. The number of rotatable bonds is 3. The molecule has 1 unspecified atom stereocenters. The number of anilines is 1. The van der Waals surface area contributed by atoms with Gasteiger partial charge in [-0.1, -0.05) is 36.4 Å². The molecule has 0 fully saturated rings. The summed E-state index contributed by atoms with van der Waals surface area (Å²) in [6.45, 7) is 2.20. The van der Waals surface area contributed by atoms with Gasteiger partial charge in [0.25, 0.3) is 0 Å². The first-order valence-corrected chi connectivity index (χ1v) is 6.99. The maximum Gasteiger partial charge on any atom is 0.0578 e. The molecule has 90 valence electrons. The third-order valence-electron chi connectivity index (χ3n) is 3.10. The number of hydrogen-bond donors (Lipinski definition) is 1. The van der Waals surface area contributed by atoms with Gasteiger partial charge in [-0.3, -0.25) is 0 Å². The standard InChI is InChI=1S/C16H15NS/c1-12(16-7-4-10-18-16)17-15-9-8-13-5-2-3-6-14(13)11-15/h2-12,17H,1H3. The molecule has 0 saturated carbocycles. The van der Waals surface area contributed by atoms with E-state index in [-0.39, 0.29) is 0 Å². The topological polar surface area (TPSA) is 12.0 Å². The Hall–Kier alpha value is -1.80. The van der Waals surface area contributed by atoms with Gasteiger partial charge in [0.1, 0.15) is 0 Å². The molecule has 0 aliphatic heterocycles. The Morgan fingerprint density at radius 1 is 0.944 bits per heavy atom. The third-order valence-corrected chi connectivity index (χ3v) is 4.16. The van der Waals surface area contributed by atoms with E-state index in [1.807, 2.05) is 0 Å². The summed E-state index contributed by atoms with van der Waals surface area (Å²) in [4.78, 5) is 1.36. The van der Waals surface area contributed by atoms with E-state index in [2.05, 4.69) is 72.2 Å². The fourth-order valence-corrected chi connectivity index (χ4v) is 2.87. The van der Waals surface area contributed by atoms with E-state index in [1.54, 1.807) is 11.3 Å². The van der Waals surface area contributed by atoms with Gasteiger partial charge in [-0.2, -0.15) is 0 Å². The average molecular weight is 253 g/mol. The van der Waals surface area contributed by atoms with Gasteiger partial charge in [-0.25, -0.2) is 0 Å². The Morgan fingerprint density at radius 3 is 2.56 bits per heavy atom. The predicted octanol–water partition coefficient (Wildman–Crippen LogP) is 5.07. The zero-order chi connectivity index (χ0) is 12.4. The molecule has 1 heterocycles. The summed E-state index contributed by atoms with van der Waals surface area (Å²) < 4.78 is 0. The maximum absolute atomic E-state index is 3.55. The molecule has 0 saturated heterocycles. The van der Waals surface area contributed by atoms with Crippen LogP contribution in [0, 0.1) is 0 Å². The highest BCUT2D eigenvalue weighted by atomic mass is 32.1. The van der Waals surface area contributed by atoms with Crippen molar-refractivity contribution in [3.63, 3.8) is 0 Å². The monoisotopic (exact) mass is 253 g/mol. The largest absolute Gasteiger partial charge is 0.378 e. The van der Waals surface area contributed by atoms with Gasteiger partial charge in [-0.05, 0) is 41.3 Å². The van der Waals surface area contributed by atoms with Crippen LogP contribution in [0.15, 0.2) is 60.0 Å². The molecule has 1 N–H and O–H groups in total. The van der Waals surface area contributed by atoms with Gasteiger partial charge >= 0.3 is 0 Å². The van der Waals surface area contributed by atoms with Crippen LogP contribution in [-0.2, 0) is 0 Å². The van der Waals surface area contributed by atoms with Crippen LogP contribution in [0.5, 0.6) is 0 Å². The van der Waals surface area contributed by atoms with Gasteiger partial charge in [0, 0.05) is 10.6 Å². The van der Waals surface area contributed by atoms with Crippen molar-refractivity contribution >= 4 is 27.8 Å². The molecule has 18 heavy (non-hydrogen) atoms. The molecule has 0 aliphatic carbocycles. The van der Waals surface area contributed by atoms with Crippen LogP contribution in [0.3, 0.4) is 0 Å². The summed E-state index contributed by atoms with van der Waals surface area (Å²) in [7, 11) is 0. The molecular weight excluding hydrogens is 238 g/mol. The minimum atomic E-state index is 0.353.